The topological polar surface area (TPSA) is 38.2 Å². The van der Waals surface area contributed by atoms with E-state index in [9.17, 15) is 0 Å². The van der Waals surface area contributed by atoms with Crippen molar-refractivity contribution in [3.05, 3.63) is 53.9 Å². The molecule has 1 fully saturated rings. The zero-order valence-electron chi connectivity index (χ0n) is 15.7. The molecule has 2 aromatic heterocycles. The van der Waals surface area contributed by atoms with Crippen molar-refractivity contribution in [1.82, 2.24) is 15.1 Å². The Morgan fingerprint density at radius 3 is 2.56 bits per heavy atom. The van der Waals surface area contributed by atoms with E-state index in [1.807, 2.05) is 42.5 Å². The fourth-order valence-electron chi connectivity index (χ4n) is 3.55. The van der Waals surface area contributed by atoms with Gasteiger partial charge in [0.05, 0.1) is 17.2 Å². The first-order valence-corrected chi connectivity index (χ1v) is 10.5. The molecule has 0 spiro atoms. The average Bonchev–Trinajstić information content (AvgIpc) is 3.38. The largest absolute Gasteiger partial charge is 0.494 e. The quantitative estimate of drug-likeness (QED) is 0.534. The van der Waals surface area contributed by atoms with Gasteiger partial charge in [-0.1, -0.05) is 6.07 Å². The number of rotatable bonds is 7. The van der Waals surface area contributed by atoms with Crippen LogP contribution in [0.2, 0.25) is 0 Å². The summed E-state index contributed by atoms with van der Waals surface area (Å²) in [6.07, 6.45) is 3.74. The molecule has 3 aromatic rings. The molecule has 0 saturated carbocycles. The van der Waals surface area contributed by atoms with Crippen LogP contribution in [0.25, 0.3) is 21.8 Å². The lowest BCUT2D eigenvalue weighted by molar-refractivity contribution is 0.230. The van der Waals surface area contributed by atoms with Crippen LogP contribution in [-0.2, 0) is 0 Å². The van der Waals surface area contributed by atoms with Gasteiger partial charge in [0.25, 0.3) is 0 Å². The molecule has 0 radical (unpaired) electrons. The van der Waals surface area contributed by atoms with Crippen molar-refractivity contribution in [3.8, 4) is 27.6 Å². The number of nitrogens with zero attached hydrogens (tertiary/aromatic N) is 3. The highest BCUT2D eigenvalue weighted by Gasteiger charge is 2.19. The molecule has 1 atom stereocenters. The molecular formula is C22H25N3OS. The first kappa shape index (κ1) is 18.1. The summed E-state index contributed by atoms with van der Waals surface area (Å²) in [5, 5.41) is 10.8. The van der Waals surface area contributed by atoms with Gasteiger partial charge in [-0.2, -0.15) is 0 Å². The molecule has 5 heteroatoms. The number of thiophene rings is 1. The smallest absolute Gasteiger partial charge is 0.119 e. The molecule has 1 unspecified atom stereocenters. The number of likely N-dealkylation sites (tertiary alicyclic amines) is 1. The highest BCUT2D eigenvalue weighted by molar-refractivity contribution is 7.13. The standard InChI is InChI=1S/C22H25N3OS/c1-17-5-2-13-25(17)14-4-15-26-19-9-7-18(8-10-19)20-11-12-21(24-23-20)22-6-3-16-27-22/h3,6-12,16-17H,2,4-5,13-15H2,1H3. The van der Waals surface area contributed by atoms with Crippen molar-refractivity contribution in [3.63, 3.8) is 0 Å². The van der Waals surface area contributed by atoms with Gasteiger partial charge < -0.3 is 9.64 Å². The van der Waals surface area contributed by atoms with E-state index in [4.69, 9.17) is 4.74 Å². The number of hydrogen-bond acceptors (Lipinski definition) is 5. The number of benzene rings is 1. The second-order valence-corrected chi connectivity index (χ2v) is 7.98. The Bertz CT molecular complexity index is 831. The van der Waals surface area contributed by atoms with Crippen molar-refractivity contribution < 1.29 is 4.74 Å². The van der Waals surface area contributed by atoms with Crippen LogP contribution < -0.4 is 4.74 Å². The highest BCUT2D eigenvalue weighted by atomic mass is 32.1. The normalized spacial score (nSPS) is 17.3. The van der Waals surface area contributed by atoms with Gasteiger partial charge in [-0.15, -0.1) is 21.5 Å². The van der Waals surface area contributed by atoms with E-state index in [1.54, 1.807) is 11.3 Å². The fourth-order valence-corrected chi connectivity index (χ4v) is 4.24. The average molecular weight is 380 g/mol. The summed E-state index contributed by atoms with van der Waals surface area (Å²) in [7, 11) is 0. The lowest BCUT2D eigenvalue weighted by Gasteiger charge is -2.20. The summed E-state index contributed by atoms with van der Waals surface area (Å²) >= 11 is 1.67. The molecule has 1 aliphatic rings. The second kappa shape index (κ2) is 8.63. The molecule has 1 aromatic carbocycles. The Morgan fingerprint density at radius 1 is 1.07 bits per heavy atom. The Kier molecular flexibility index (Phi) is 5.80. The maximum Gasteiger partial charge on any atom is 0.119 e. The third-order valence-corrected chi connectivity index (χ3v) is 6.03. The van der Waals surface area contributed by atoms with E-state index in [0.717, 1.165) is 53.2 Å². The summed E-state index contributed by atoms with van der Waals surface area (Å²) in [6, 6.07) is 17.0. The minimum absolute atomic E-state index is 0.733. The van der Waals surface area contributed by atoms with Crippen molar-refractivity contribution in [2.75, 3.05) is 19.7 Å². The maximum absolute atomic E-state index is 5.90. The van der Waals surface area contributed by atoms with Gasteiger partial charge in [0.2, 0.25) is 0 Å². The van der Waals surface area contributed by atoms with E-state index in [2.05, 4.69) is 33.5 Å². The summed E-state index contributed by atoms with van der Waals surface area (Å²) in [5.41, 5.74) is 2.85. The van der Waals surface area contributed by atoms with Crippen LogP contribution in [0.3, 0.4) is 0 Å². The molecule has 1 saturated heterocycles. The van der Waals surface area contributed by atoms with Gasteiger partial charge in [-0.25, -0.2) is 0 Å². The van der Waals surface area contributed by atoms with Crippen LogP contribution in [0.4, 0.5) is 0 Å². The summed E-state index contributed by atoms with van der Waals surface area (Å²) in [4.78, 5) is 3.70. The number of ether oxygens (including phenoxy) is 1. The minimum Gasteiger partial charge on any atom is -0.494 e. The number of aromatic nitrogens is 2. The van der Waals surface area contributed by atoms with Crippen LogP contribution in [0, 0.1) is 0 Å². The van der Waals surface area contributed by atoms with Gasteiger partial charge in [-0.3, -0.25) is 0 Å². The van der Waals surface area contributed by atoms with E-state index < -0.39 is 0 Å². The molecule has 0 aliphatic carbocycles. The number of hydrogen-bond donors (Lipinski definition) is 0. The molecule has 0 amide bonds. The Labute approximate surface area is 164 Å². The fraction of sp³-hybridized carbons (Fsp3) is 0.364. The van der Waals surface area contributed by atoms with Gasteiger partial charge in [0, 0.05) is 18.2 Å². The van der Waals surface area contributed by atoms with E-state index in [1.165, 1.54) is 19.4 Å². The Balaban J connectivity index is 1.29. The van der Waals surface area contributed by atoms with Crippen molar-refractivity contribution in [2.45, 2.75) is 32.2 Å². The molecule has 1 aliphatic heterocycles. The molecular weight excluding hydrogens is 354 g/mol. The minimum atomic E-state index is 0.733. The SMILES string of the molecule is CC1CCCN1CCCOc1ccc(-c2ccc(-c3cccs3)nn2)cc1. The van der Waals surface area contributed by atoms with Crippen molar-refractivity contribution in [1.29, 1.82) is 0 Å². The third-order valence-electron chi connectivity index (χ3n) is 5.14. The molecule has 4 rings (SSSR count). The summed E-state index contributed by atoms with van der Waals surface area (Å²) < 4.78 is 5.90. The van der Waals surface area contributed by atoms with Gasteiger partial charge in [0.15, 0.2) is 0 Å². The lowest BCUT2D eigenvalue weighted by atomic mass is 10.1. The van der Waals surface area contributed by atoms with Gasteiger partial charge >= 0.3 is 0 Å². The monoisotopic (exact) mass is 379 g/mol. The van der Waals surface area contributed by atoms with Crippen LogP contribution in [0.1, 0.15) is 26.2 Å². The Hall–Kier alpha value is -2.24. The van der Waals surface area contributed by atoms with Crippen LogP contribution in [0.5, 0.6) is 5.75 Å². The maximum atomic E-state index is 5.90. The zero-order chi connectivity index (χ0) is 18.5. The van der Waals surface area contributed by atoms with E-state index in [0.29, 0.717) is 0 Å². The highest BCUT2D eigenvalue weighted by Crippen LogP contribution is 2.25. The first-order valence-electron chi connectivity index (χ1n) is 9.64. The van der Waals surface area contributed by atoms with Crippen molar-refractivity contribution >= 4 is 11.3 Å². The predicted molar refractivity (Wildman–Crippen MR) is 111 cm³/mol. The van der Waals surface area contributed by atoms with Crippen LogP contribution in [-0.4, -0.2) is 40.8 Å². The second-order valence-electron chi connectivity index (χ2n) is 7.03. The van der Waals surface area contributed by atoms with E-state index >= 15 is 0 Å². The predicted octanol–water partition coefficient (Wildman–Crippen LogP) is 5.13. The molecule has 140 valence electrons. The summed E-state index contributed by atoms with van der Waals surface area (Å²) in [5.74, 6) is 0.913. The van der Waals surface area contributed by atoms with Gasteiger partial charge in [-0.05, 0) is 80.6 Å². The lowest BCUT2D eigenvalue weighted by Crippen LogP contribution is -2.28. The van der Waals surface area contributed by atoms with Crippen LogP contribution >= 0.6 is 11.3 Å². The molecule has 0 bridgehead atoms. The Morgan fingerprint density at radius 2 is 1.89 bits per heavy atom. The molecule has 3 heterocycles. The van der Waals surface area contributed by atoms with Crippen molar-refractivity contribution in [2.24, 2.45) is 0 Å². The molecule has 4 nitrogen and oxygen atoms in total. The van der Waals surface area contributed by atoms with E-state index in [-0.39, 0.29) is 0 Å². The van der Waals surface area contributed by atoms with Gasteiger partial charge in [0.1, 0.15) is 11.4 Å². The molecule has 27 heavy (non-hydrogen) atoms. The zero-order valence-corrected chi connectivity index (χ0v) is 16.5. The molecule has 0 N–H and O–H groups in total. The summed E-state index contributed by atoms with van der Waals surface area (Å²) in [6.45, 7) is 5.45. The van der Waals surface area contributed by atoms with Crippen LogP contribution in [0.15, 0.2) is 53.9 Å². The first-order chi connectivity index (χ1) is 13.3. The third kappa shape index (κ3) is 4.54.